The lowest BCUT2D eigenvalue weighted by atomic mass is 9.91. The molecule has 0 aromatic carbocycles. The van der Waals surface area contributed by atoms with Crippen molar-refractivity contribution < 1.29 is 0 Å². The quantitative estimate of drug-likeness (QED) is 0.517. The molecular formula is C26H39N5. The van der Waals surface area contributed by atoms with Crippen molar-refractivity contribution in [2.75, 3.05) is 50.7 Å². The monoisotopic (exact) mass is 421 g/mol. The molecule has 0 N–H and O–H groups in total. The molecule has 168 valence electrons. The number of hydrogen-bond donors (Lipinski definition) is 0. The molecule has 5 nitrogen and oxygen atoms in total. The first-order valence-corrected chi connectivity index (χ1v) is 11.9. The van der Waals surface area contributed by atoms with Crippen LogP contribution in [0, 0.1) is 12.8 Å². The number of aromatic nitrogens is 2. The summed E-state index contributed by atoms with van der Waals surface area (Å²) < 4.78 is 0. The van der Waals surface area contributed by atoms with Crippen LogP contribution in [0.4, 0.5) is 5.95 Å². The van der Waals surface area contributed by atoms with Gasteiger partial charge in [-0.2, -0.15) is 0 Å². The van der Waals surface area contributed by atoms with E-state index in [0.717, 1.165) is 64.0 Å². The van der Waals surface area contributed by atoms with Crippen LogP contribution < -0.4 is 4.90 Å². The summed E-state index contributed by atoms with van der Waals surface area (Å²) in [6.07, 6.45) is 24.2. The minimum Gasteiger partial charge on any atom is -0.338 e. The first kappa shape index (κ1) is 23.5. The molecule has 31 heavy (non-hydrogen) atoms. The summed E-state index contributed by atoms with van der Waals surface area (Å²) in [7, 11) is 0. The Kier molecular flexibility index (Phi) is 9.12. The minimum absolute atomic E-state index is 0.854. The van der Waals surface area contributed by atoms with Gasteiger partial charge in [-0.05, 0) is 45.1 Å². The van der Waals surface area contributed by atoms with E-state index < -0.39 is 0 Å². The molecule has 0 unspecified atom stereocenters. The third-order valence-electron chi connectivity index (χ3n) is 6.94. The molecule has 1 aromatic heterocycles. The second kappa shape index (κ2) is 12.0. The maximum atomic E-state index is 5.01. The summed E-state index contributed by atoms with van der Waals surface area (Å²) in [6.45, 7) is 12.1. The van der Waals surface area contributed by atoms with Gasteiger partial charge in [0, 0.05) is 64.5 Å². The van der Waals surface area contributed by atoms with E-state index in [0.29, 0.717) is 0 Å². The Labute approximate surface area is 189 Å². The Morgan fingerprint density at radius 1 is 1.10 bits per heavy atom. The lowest BCUT2D eigenvalue weighted by Crippen LogP contribution is -2.52. The van der Waals surface area contributed by atoms with Gasteiger partial charge in [-0.25, -0.2) is 9.97 Å². The fourth-order valence-electron chi connectivity index (χ4n) is 4.55. The van der Waals surface area contributed by atoms with E-state index in [2.05, 4.69) is 65.8 Å². The van der Waals surface area contributed by atoms with E-state index in [1.807, 2.05) is 0 Å². The fraction of sp³-hybridized carbons (Fsp3) is 0.615. The molecule has 0 radical (unpaired) electrons. The van der Waals surface area contributed by atoms with E-state index in [1.165, 1.54) is 49.2 Å². The van der Waals surface area contributed by atoms with Crippen LogP contribution in [0.1, 0.15) is 50.8 Å². The highest BCUT2D eigenvalue weighted by atomic mass is 15.3. The Bertz CT molecular complexity index is 769. The lowest BCUT2D eigenvalue weighted by molar-refractivity contribution is 0.120. The molecule has 2 fully saturated rings. The third kappa shape index (κ3) is 6.41. The van der Waals surface area contributed by atoms with E-state index in [9.17, 15) is 0 Å². The number of piperazine rings is 1. The van der Waals surface area contributed by atoms with Gasteiger partial charge in [0.1, 0.15) is 0 Å². The average molecular weight is 422 g/mol. The Balaban J connectivity index is 0.00000132. The van der Waals surface area contributed by atoms with Crippen molar-refractivity contribution in [3.05, 3.63) is 41.3 Å². The van der Waals surface area contributed by atoms with Crippen molar-refractivity contribution in [3.63, 3.8) is 0 Å². The molecule has 0 spiro atoms. The van der Waals surface area contributed by atoms with Gasteiger partial charge in [-0.1, -0.05) is 30.2 Å². The highest BCUT2D eigenvalue weighted by Crippen LogP contribution is 2.26. The second-order valence-electron chi connectivity index (χ2n) is 8.82. The summed E-state index contributed by atoms with van der Waals surface area (Å²) in [6, 6.07) is 0.854. The van der Waals surface area contributed by atoms with Gasteiger partial charge >= 0.3 is 0 Å². The van der Waals surface area contributed by atoms with Crippen LogP contribution in [0.15, 0.2) is 30.0 Å². The number of anilines is 1. The molecule has 3 heterocycles. The molecule has 5 heteroatoms. The maximum Gasteiger partial charge on any atom is 0.225 e. The van der Waals surface area contributed by atoms with Crippen molar-refractivity contribution in [2.45, 2.75) is 58.4 Å². The number of hydrogen-bond acceptors (Lipinski definition) is 5. The van der Waals surface area contributed by atoms with Crippen molar-refractivity contribution in [3.8, 4) is 12.8 Å². The molecule has 4 rings (SSSR count). The zero-order valence-corrected chi connectivity index (χ0v) is 19.5. The zero-order valence-electron chi connectivity index (χ0n) is 19.5. The van der Waals surface area contributed by atoms with E-state index in [4.69, 9.17) is 9.97 Å². The van der Waals surface area contributed by atoms with Crippen LogP contribution in [0.3, 0.4) is 0 Å². The smallest absolute Gasteiger partial charge is 0.225 e. The van der Waals surface area contributed by atoms with Gasteiger partial charge in [-0.15, -0.1) is 12.8 Å². The number of allylic oxidation sites excluding steroid dienone is 3. The zero-order chi connectivity index (χ0) is 22.1. The number of fused-ring (bicyclic) bond motifs is 1. The summed E-state index contributed by atoms with van der Waals surface area (Å²) in [4.78, 5) is 17.4. The van der Waals surface area contributed by atoms with Gasteiger partial charge in [0.15, 0.2) is 0 Å². The Morgan fingerprint density at radius 2 is 1.84 bits per heavy atom. The molecular weight excluding hydrogens is 382 g/mol. The van der Waals surface area contributed by atoms with Gasteiger partial charge in [0.25, 0.3) is 0 Å². The summed E-state index contributed by atoms with van der Waals surface area (Å²) in [5.74, 6) is 0.954. The largest absolute Gasteiger partial charge is 0.338 e. The van der Waals surface area contributed by atoms with Gasteiger partial charge < -0.3 is 9.80 Å². The number of terminal acetylenes is 1. The summed E-state index contributed by atoms with van der Waals surface area (Å²) >= 11 is 0. The third-order valence-corrected chi connectivity index (χ3v) is 6.94. The predicted molar refractivity (Wildman–Crippen MR) is 130 cm³/mol. The standard InChI is InChI=1S/C24H37N5.C2H2/c1-3-20(2)7-4-5-12-27-13-10-21-19-25-24(26-23(21)11-14-27)29-17-15-28(16-18-29)22-8-6-9-22;1-2/h3-4,7,19,22H,5-6,8-18H2,1-2H3;1-2H/b7-4-,20-3-;. The highest BCUT2D eigenvalue weighted by molar-refractivity contribution is 5.35. The molecule has 3 aliphatic rings. The first-order chi connectivity index (χ1) is 15.2. The topological polar surface area (TPSA) is 35.5 Å². The maximum absolute atomic E-state index is 5.01. The van der Waals surface area contributed by atoms with Crippen molar-refractivity contribution in [2.24, 2.45) is 0 Å². The Hall–Kier alpha value is -2.16. The summed E-state index contributed by atoms with van der Waals surface area (Å²) in [5, 5.41) is 0. The van der Waals surface area contributed by atoms with Crippen LogP contribution in [0.5, 0.6) is 0 Å². The lowest BCUT2D eigenvalue weighted by Gasteiger charge is -2.43. The molecule has 0 bridgehead atoms. The van der Waals surface area contributed by atoms with Gasteiger partial charge in [-0.3, -0.25) is 4.90 Å². The molecule has 1 saturated heterocycles. The van der Waals surface area contributed by atoms with Crippen LogP contribution in [-0.4, -0.2) is 71.6 Å². The normalized spacial score (nSPS) is 21.2. The van der Waals surface area contributed by atoms with Crippen LogP contribution >= 0.6 is 0 Å². The van der Waals surface area contributed by atoms with E-state index in [-0.39, 0.29) is 0 Å². The van der Waals surface area contributed by atoms with Gasteiger partial charge in [0.05, 0.1) is 5.69 Å². The van der Waals surface area contributed by atoms with E-state index in [1.54, 1.807) is 0 Å². The van der Waals surface area contributed by atoms with Crippen LogP contribution in [-0.2, 0) is 12.8 Å². The van der Waals surface area contributed by atoms with Crippen LogP contribution in [0.25, 0.3) is 0 Å². The Morgan fingerprint density at radius 3 is 2.52 bits per heavy atom. The molecule has 1 aromatic rings. The fourth-order valence-corrected chi connectivity index (χ4v) is 4.55. The average Bonchev–Trinajstić information content (AvgIpc) is 2.99. The molecule has 2 aliphatic heterocycles. The number of rotatable bonds is 6. The first-order valence-electron chi connectivity index (χ1n) is 11.9. The summed E-state index contributed by atoms with van der Waals surface area (Å²) in [5.41, 5.74) is 3.97. The molecule has 0 amide bonds. The molecule has 1 saturated carbocycles. The minimum atomic E-state index is 0.854. The SMILES string of the molecule is C#C.C/C=C(C)\C=C/CCN1CCc2cnc(N3CCN(C4CCC4)CC3)nc2CC1. The van der Waals surface area contributed by atoms with Crippen molar-refractivity contribution in [1.29, 1.82) is 0 Å². The van der Waals surface area contributed by atoms with Crippen LogP contribution in [0.2, 0.25) is 0 Å². The van der Waals surface area contributed by atoms with Crippen molar-refractivity contribution >= 4 is 5.95 Å². The highest BCUT2D eigenvalue weighted by Gasteiger charge is 2.28. The second-order valence-corrected chi connectivity index (χ2v) is 8.82. The number of nitrogens with zero attached hydrogens (tertiary/aromatic N) is 5. The van der Waals surface area contributed by atoms with E-state index >= 15 is 0 Å². The van der Waals surface area contributed by atoms with Gasteiger partial charge in [0.2, 0.25) is 5.95 Å². The van der Waals surface area contributed by atoms with Crippen molar-refractivity contribution in [1.82, 2.24) is 19.8 Å². The predicted octanol–water partition coefficient (Wildman–Crippen LogP) is 3.71. The molecule has 1 aliphatic carbocycles. The molecule has 0 atom stereocenters.